The molecule has 1 heterocycles. The Morgan fingerprint density at radius 1 is 1.38 bits per heavy atom. The topological polar surface area (TPSA) is 79.5 Å². The highest BCUT2D eigenvalue weighted by molar-refractivity contribution is 7.89. The summed E-state index contributed by atoms with van der Waals surface area (Å²) in [5.74, 6) is 0. The lowest BCUT2D eigenvalue weighted by Gasteiger charge is -2.14. The molecule has 1 aliphatic heterocycles. The fourth-order valence-electron chi connectivity index (χ4n) is 2.02. The van der Waals surface area contributed by atoms with Gasteiger partial charge < -0.3 is 15.4 Å². The minimum absolute atomic E-state index is 0.216. The molecule has 2 rings (SSSR count). The van der Waals surface area contributed by atoms with E-state index in [0.717, 1.165) is 25.1 Å². The van der Waals surface area contributed by atoms with Gasteiger partial charge in [0.05, 0.1) is 11.0 Å². The van der Waals surface area contributed by atoms with Crippen LogP contribution in [0.15, 0.2) is 29.2 Å². The van der Waals surface area contributed by atoms with Gasteiger partial charge >= 0.3 is 0 Å². The van der Waals surface area contributed by atoms with Crippen LogP contribution in [0, 0.1) is 0 Å². The van der Waals surface area contributed by atoms with E-state index < -0.39 is 10.0 Å². The highest BCUT2D eigenvalue weighted by Gasteiger charge is 2.15. The van der Waals surface area contributed by atoms with Crippen LogP contribution in [0.5, 0.6) is 0 Å². The fourth-order valence-corrected chi connectivity index (χ4v) is 2.95. The maximum atomic E-state index is 11.6. The largest absolute Gasteiger partial charge is 0.376 e. The molecular weight excluding hydrogens is 310 g/mol. The quantitative estimate of drug-likeness (QED) is 0.701. The maximum Gasteiger partial charge on any atom is 0.240 e. The summed E-state index contributed by atoms with van der Waals surface area (Å²) in [5.41, 5.74) is 0.731. The Labute approximate surface area is 130 Å². The molecule has 1 unspecified atom stereocenters. The Bertz CT molecular complexity index is 581. The van der Waals surface area contributed by atoms with Crippen molar-refractivity contribution in [3.05, 3.63) is 24.3 Å². The number of hydrogen-bond donors (Lipinski definition) is 3. The van der Waals surface area contributed by atoms with Crippen molar-refractivity contribution in [3.63, 3.8) is 0 Å². The third-order valence-electron chi connectivity index (χ3n) is 3.21. The number of ether oxygens (including phenoxy) is 1. The van der Waals surface area contributed by atoms with Gasteiger partial charge in [-0.25, -0.2) is 13.1 Å². The standard InChI is InChI=1S/C13H19N3O3S2/c1-14-21(17,18)12-6-4-10(5-7-12)16-13(20)15-9-11-3-2-8-19-11/h4-7,11,14H,2-3,8-9H2,1H3,(H2,15,16,20). The zero-order valence-corrected chi connectivity index (χ0v) is 13.4. The van der Waals surface area contributed by atoms with E-state index in [1.807, 2.05) is 0 Å². The molecule has 1 aliphatic rings. The van der Waals surface area contributed by atoms with E-state index in [9.17, 15) is 8.42 Å². The summed E-state index contributed by atoms with van der Waals surface area (Å²) in [7, 11) is -2.03. The molecule has 1 atom stereocenters. The summed E-state index contributed by atoms with van der Waals surface area (Å²) < 4.78 is 31.0. The first-order valence-corrected chi connectivity index (χ1v) is 8.60. The van der Waals surface area contributed by atoms with E-state index in [1.165, 1.54) is 19.2 Å². The Kier molecular flexibility index (Phi) is 5.51. The van der Waals surface area contributed by atoms with E-state index in [1.54, 1.807) is 12.1 Å². The van der Waals surface area contributed by atoms with Crippen LogP contribution in [-0.4, -0.2) is 39.8 Å². The van der Waals surface area contributed by atoms with Gasteiger partial charge in [0.2, 0.25) is 10.0 Å². The smallest absolute Gasteiger partial charge is 0.240 e. The van der Waals surface area contributed by atoms with E-state index in [0.29, 0.717) is 11.7 Å². The first kappa shape index (κ1) is 16.2. The normalized spacial score (nSPS) is 18.4. The molecule has 1 saturated heterocycles. The summed E-state index contributed by atoms with van der Waals surface area (Å²) in [6, 6.07) is 6.39. The van der Waals surface area contributed by atoms with Crippen LogP contribution in [0.1, 0.15) is 12.8 Å². The summed E-state index contributed by atoms with van der Waals surface area (Å²) >= 11 is 5.19. The van der Waals surface area contributed by atoms with Crippen LogP contribution < -0.4 is 15.4 Å². The van der Waals surface area contributed by atoms with Crippen molar-refractivity contribution in [3.8, 4) is 0 Å². The molecule has 0 radical (unpaired) electrons. The second-order valence-corrected chi connectivity index (χ2v) is 7.00. The van der Waals surface area contributed by atoms with Crippen LogP contribution in [0.25, 0.3) is 0 Å². The molecule has 21 heavy (non-hydrogen) atoms. The Morgan fingerprint density at radius 2 is 2.10 bits per heavy atom. The third kappa shape index (κ3) is 4.63. The third-order valence-corrected chi connectivity index (χ3v) is 4.88. The van der Waals surface area contributed by atoms with Crippen LogP contribution >= 0.6 is 12.2 Å². The molecule has 0 spiro atoms. The van der Waals surface area contributed by atoms with Crippen molar-refractivity contribution >= 4 is 33.0 Å². The Balaban J connectivity index is 1.86. The van der Waals surface area contributed by atoms with Gasteiger partial charge in [-0.15, -0.1) is 0 Å². The van der Waals surface area contributed by atoms with Gasteiger partial charge in [-0.1, -0.05) is 0 Å². The number of sulfonamides is 1. The van der Waals surface area contributed by atoms with Crippen LogP contribution in [-0.2, 0) is 14.8 Å². The molecule has 1 fully saturated rings. The number of hydrogen-bond acceptors (Lipinski definition) is 4. The van der Waals surface area contributed by atoms with E-state index >= 15 is 0 Å². The summed E-state index contributed by atoms with van der Waals surface area (Å²) in [5, 5.41) is 6.60. The van der Waals surface area contributed by atoms with Crippen LogP contribution in [0.4, 0.5) is 5.69 Å². The highest BCUT2D eigenvalue weighted by Crippen LogP contribution is 2.14. The highest BCUT2D eigenvalue weighted by atomic mass is 32.2. The average Bonchev–Trinajstić information content (AvgIpc) is 2.99. The number of benzene rings is 1. The predicted molar refractivity (Wildman–Crippen MR) is 85.9 cm³/mol. The van der Waals surface area contributed by atoms with Crippen molar-refractivity contribution in [2.75, 3.05) is 25.5 Å². The SMILES string of the molecule is CNS(=O)(=O)c1ccc(NC(=S)NCC2CCCO2)cc1. The van der Waals surface area contributed by atoms with Gasteiger partial charge in [0.15, 0.2) is 5.11 Å². The van der Waals surface area contributed by atoms with Gasteiger partial charge in [0.25, 0.3) is 0 Å². The number of anilines is 1. The molecule has 116 valence electrons. The first-order chi connectivity index (χ1) is 10.0. The number of rotatable bonds is 5. The second-order valence-electron chi connectivity index (χ2n) is 4.70. The monoisotopic (exact) mass is 329 g/mol. The first-order valence-electron chi connectivity index (χ1n) is 6.71. The molecule has 0 aromatic heterocycles. The molecule has 0 saturated carbocycles. The molecule has 0 aliphatic carbocycles. The van der Waals surface area contributed by atoms with Crippen molar-refractivity contribution in [2.45, 2.75) is 23.8 Å². The molecule has 1 aromatic rings. The molecule has 6 nitrogen and oxygen atoms in total. The van der Waals surface area contributed by atoms with Gasteiger partial charge in [-0.3, -0.25) is 0 Å². The van der Waals surface area contributed by atoms with Gasteiger partial charge in [0.1, 0.15) is 0 Å². The minimum Gasteiger partial charge on any atom is -0.376 e. The maximum absolute atomic E-state index is 11.6. The fraction of sp³-hybridized carbons (Fsp3) is 0.462. The molecule has 8 heteroatoms. The van der Waals surface area contributed by atoms with E-state index in [2.05, 4.69) is 15.4 Å². The van der Waals surface area contributed by atoms with Gasteiger partial charge in [-0.05, 0) is 56.4 Å². The van der Waals surface area contributed by atoms with Gasteiger partial charge in [-0.2, -0.15) is 0 Å². The Morgan fingerprint density at radius 3 is 2.67 bits per heavy atom. The lowest BCUT2D eigenvalue weighted by molar-refractivity contribution is 0.114. The van der Waals surface area contributed by atoms with Crippen molar-refractivity contribution in [2.24, 2.45) is 0 Å². The second kappa shape index (κ2) is 7.17. The minimum atomic E-state index is -3.41. The predicted octanol–water partition coefficient (Wildman–Crippen LogP) is 1.06. The molecule has 3 N–H and O–H groups in total. The average molecular weight is 329 g/mol. The summed E-state index contributed by atoms with van der Waals surface area (Å²) in [6.07, 6.45) is 2.35. The van der Waals surface area contributed by atoms with Crippen LogP contribution in [0.2, 0.25) is 0 Å². The molecule has 0 amide bonds. The number of thiocarbonyl (C=S) groups is 1. The summed E-state index contributed by atoms with van der Waals surface area (Å²) in [6.45, 7) is 1.49. The zero-order valence-electron chi connectivity index (χ0n) is 11.8. The lowest BCUT2D eigenvalue weighted by atomic mass is 10.2. The Hall–Kier alpha value is -1.22. The summed E-state index contributed by atoms with van der Waals surface area (Å²) in [4.78, 5) is 0.216. The number of nitrogens with one attached hydrogen (secondary N) is 3. The van der Waals surface area contributed by atoms with E-state index in [4.69, 9.17) is 17.0 Å². The molecule has 0 bridgehead atoms. The molecular formula is C13H19N3O3S2. The zero-order chi connectivity index (χ0) is 15.3. The molecule has 1 aromatic carbocycles. The van der Waals surface area contributed by atoms with Gasteiger partial charge in [0, 0.05) is 18.8 Å². The van der Waals surface area contributed by atoms with Crippen LogP contribution in [0.3, 0.4) is 0 Å². The van der Waals surface area contributed by atoms with Crippen molar-refractivity contribution in [1.29, 1.82) is 0 Å². The van der Waals surface area contributed by atoms with E-state index in [-0.39, 0.29) is 11.0 Å². The van der Waals surface area contributed by atoms with Crippen molar-refractivity contribution in [1.82, 2.24) is 10.0 Å². The lowest BCUT2D eigenvalue weighted by Crippen LogP contribution is -2.34. The van der Waals surface area contributed by atoms with Crippen molar-refractivity contribution < 1.29 is 13.2 Å².